The SMILES string of the molecule is CCOC1(C(O)c2cnn(C)c2)CCCCC1. The number of aryl methyl sites for hydroxylation is 1. The van der Waals surface area contributed by atoms with Crippen LogP contribution in [-0.4, -0.2) is 27.1 Å². The van der Waals surface area contributed by atoms with Crippen LogP contribution in [0, 0.1) is 0 Å². The van der Waals surface area contributed by atoms with Crippen molar-refractivity contribution in [3.8, 4) is 0 Å². The van der Waals surface area contributed by atoms with Gasteiger partial charge in [0.2, 0.25) is 0 Å². The van der Waals surface area contributed by atoms with Crippen molar-refractivity contribution in [1.82, 2.24) is 9.78 Å². The Morgan fingerprint density at radius 1 is 1.47 bits per heavy atom. The first-order valence-electron chi connectivity index (χ1n) is 6.48. The molecule has 1 aliphatic rings. The normalized spacial score (nSPS) is 21.4. The Morgan fingerprint density at radius 3 is 2.71 bits per heavy atom. The van der Waals surface area contributed by atoms with Crippen LogP contribution in [-0.2, 0) is 11.8 Å². The van der Waals surface area contributed by atoms with Gasteiger partial charge in [0.05, 0.1) is 11.8 Å². The molecule has 0 saturated heterocycles. The molecule has 0 aromatic carbocycles. The maximum Gasteiger partial charge on any atom is 0.111 e. The number of aromatic nitrogens is 2. The molecule has 0 aliphatic heterocycles. The van der Waals surface area contributed by atoms with Crippen LogP contribution < -0.4 is 0 Å². The highest BCUT2D eigenvalue weighted by Crippen LogP contribution is 2.41. The molecule has 0 radical (unpaired) electrons. The predicted molar refractivity (Wildman–Crippen MR) is 65.6 cm³/mol. The van der Waals surface area contributed by atoms with Gasteiger partial charge in [-0.15, -0.1) is 0 Å². The van der Waals surface area contributed by atoms with Crippen molar-refractivity contribution < 1.29 is 9.84 Å². The number of ether oxygens (including phenoxy) is 1. The molecule has 4 nitrogen and oxygen atoms in total. The molecular weight excluding hydrogens is 216 g/mol. The van der Waals surface area contributed by atoms with Crippen LogP contribution in [0.1, 0.15) is 50.7 Å². The average Bonchev–Trinajstić information content (AvgIpc) is 2.76. The van der Waals surface area contributed by atoms with Gasteiger partial charge in [-0.3, -0.25) is 4.68 Å². The van der Waals surface area contributed by atoms with E-state index in [0.29, 0.717) is 6.61 Å². The highest BCUT2D eigenvalue weighted by atomic mass is 16.5. The summed E-state index contributed by atoms with van der Waals surface area (Å²) in [4.78, 5) is 0. The van der Waals surface area contributed by atoms with Crippen molar-refractivity contribution in [3.63, 3.8) is 0 Å². The van der Waals surface area contributed by atoms with Crippen LogP contribution in [0.2, 0.25) is 0 Å². The molecule has 2 rings (SSSR count). The lowest BCUT2D eigenvalue weighted by molar-refractivity contribution is -0.141. The van der Waals surface area contributed by atoms with E-state index in [1.54, 1.807) is 10.9 Å². The number of nitrogens with zero attached hydrogens (tertiary/aromatic N) is 2. The lowest BCUT2D eigenvalue weighted by atomic mass is 9.78. The second-order valence-electron chi connectivity index (χ2n) is 4.91. The van der Waals surface area contributed by atoms with Gasteiger partial charge in [0.1, 0.15) is 6.10 Å². The van der Waals surface area contributed by atoms with Crippen molar-refractivity contribution in [2.45, 2.75) is 50.7 Å². The van der Waals surface area contributed by atoms with E-state index in [9.17, 15) is 5.11 Å². The van der Waals surface area contributed by atoms with E-state index in [4.69, 9.17) is 4.74 Å². The van der Waals surface area contributed by atoms with Gasteiger partial charge in [-0.2, -0.15) is 5.10 Å². The quantitative estimate of drug-likeness (QED) is 0.874. The number of rotatable bonds is 4. The van der Waals surface area contributed by atoms with Gasteiger partial charge in [0, 0.05) is 25.4 Å². The van der Waals surface area contributed by atoms with E-state index in [1.165, 1.54) is 6.42 Å². The number of aliphatic hydroxyl groups excluding tert-OH is 1. The van der Waals surface area contributed by atoms with Crippen molar-refractivity contribution >= 4 is 0 Å². The highest BCUT2D eigenvalue weighted by Gasteiger charge is 2.41. The molecule has 0 bridgehead atoms. The van der Waals surface area contributed by atoms with Gasteiger partial charge >= 0.3 is 0 Å². The molecule has 4 heteroatoms. The summed E-state index contributed by atoms with van der Waals surface area (Å²) < 4.78 is 7.63. The van der Waals surface area contributed by atoms with Gasteiger partial charge < -0.3 is 9.84 Å². The molecule has 0 amide bonds. The molecule has 17 heavy (non-hydrogen) atoms. The fourth-order valence-corrected chi connectivity index (χ4v) is 2.82. The van der Waals surface area contributed by atoms with Crippen LogP contribution >= 0.6 is 0 Å². The Labute approximate surface area is 103 Å². The van der Waals surface area contributed by atoms with E-state index in [1.807, 2.05) is 20.2 Å². The molecule has 1 aromatic rings. The molecule has 1 aromatic heterocycles. The number of aliphatic hydroxyl groups is 1. The van der Waals surface area contributed by atoms with E-state index < -0.39 is 11.7 Å². The van der Waals surface area contributed by atoms with E-state index in [2.05, 4.69) is 5.10 Å². The zero-order chi connectivity index (χ0) is 12.3. The summed E-state index contributed by atoms with van der Waals surface area (Å²) in [5.41, 5.74) is 0.471. The Hall–Kier alpha value is -0.870. The summed E-state index contributed by atoms with van der Waals surface area (Å²) in [7, 11) is 1.87. The molecule has 1 unspecified atom stereocenters. The number of hydrogen-bond acceptors (Lipinski definition) is 3. The lowest BCUT2D eigenvalue weighted by Gasteiger charge is -2.40. The summed E-state index contributed by atoms with van der Waals surface area (Å²) in [5, 5.41) is 14.7. The standard InChI is InChI=1S/C13H22N2O2/c1-3-17-13(7-5-4-6-8-13)12(16)11-9-14-15(2)10-11/h9-10,12,16H,3-8H2,1-2H3. The molecule has 1 N–H and O–H groups in total. The largest absolute Gasteiger partial charge is 0.385 e. The number of hydrogen-bond donors (Lipinski definition) is 1. The van der Waals surface area contributed by atoms with E-state index >= 15 is 0 Å². The molecular formula is C13H22N2O2. The van der Waals surface area contributed by atoms with Crippen molar-refractivity contribution in [1.29, 1.82) is 0 Å². The smallest absolute Gasteiger partial charge is 0.111 e. The Kier molecular flexibility index (Phi) is 3.84. The van der Waals surface area contributed by atoms with Crippen LogP contribution in [0.3, 0.4) is 0 Å². The molecule has 1 atom stereocenters. The summed E-state index contributed by atoms with van der Waals surface area (Å²) >= 11 is 0. The summed E-state index contributed by atoms with van der Waals surface area (Å²) in [6.07, 6.45) is 8.45. The first-order chi connectivity index (χ1) is 8.18. The van der Waals surface area contributed by atoms with Gasteiger partial charge in [-0.25, -0.2) is 0 Å². The molecule has 1 heterocycles. The zero-order valence-corrected chi connectivity index (χ0v) is 10.7. The van der Waals surface area contributed by atoms with Gasteiger partial charge in [-0.05, 0) is 19.8 Å². The molecule has 1 fully saturated rings. The fourth-order valence-electron chi connectivity index (χ4n) is 2.82. The van der Waals surface area contributed by atoms with Gasteiger partial charge in [0.15, 0.2) is 0 Å². The average molecular weight is 238 g/mol. The fraction of sp³-hybridized carbons (Fsp3) is 0.769. The molecule has 96 valence electrons. The third-order valence-corrected chi connectivity index (χ3v) is 3.67. The highest BCUT2D eigenvalue weighted by molar-refractivity contribution is 5.14. The Balaban J connectivity index is 2.20. The Bertz CT molecular complexity index is 351. The summed E-state index contributed by atoms with van der Waals surface area (Å²) in [6.45, 7) is 2.64. The van der Waals surface area contributed by atoms with Gasteiger partial charge in [-0.1, -0.05) is 19.3 Å². The minimum absolute atomic E-state index is 0.393. The van der Waals surface area contributed by atoms with E-state index in [0.717, 1.165) is 31.2 Å². The van der Waals surface area contributed by atoms with Crippen LogP contribution in [0.5, 0.6) is 0 Å². The second kappa shape index (κ2) is 5.19. The minimum atomic E-state index is -0.559. The van der Waals surface area contributed by atoms with Crippen LogP contribution in [0.25, 0.3) is 0 Å². The van der Waals surface area contributed by atoms with Crippen molar-refractivity contribution in [2.24, 2.45) is 7.05 Å². The van der Waals surface area contributed by atoms with Crippen LogP contribution in [0.15, 0.2) is 12.4 Å². The monoisotopic (exact) mass is 238 g/mol. The molecule has 1 saturated carbocycles. The maximum absolute atomic E-state index is 10.6. The summed E-state index contributed by atoms with van der Waals surface area (Å²) in [5.74, 6) is 0. The van der Waals surface area contributed by atoms with E-state index in [-0.39, 0.29) is 0 Å². The predicted octanol–water partition coefficient (Wildman–Crippen LogP) is 2.19. The third-order valence-electron chi connectivity index (χ3n) is 3.67. The molecule has 1 aliphatic carbocycles. The summed E-state index contributed by atoms with van der Waals surface area (Å²) in [6, 6.07) is 0. The zero-order valence-electron chi connectivity index (χ0n) is 10.7. The lowest BCUT2D eigenvalue weighted by Crippen LogP contribution is -2.41. The topological polar surface area (TPSA) is 47.3 Å². The van der Waals surface area contributed by atoms with Gasteiger partial charge in [0.25, 0.3) is 0 Å². The first-order valence-corrected chi connectivity index (χ1v) is 6.48. The minimum Gasteiger partial charge on any atom is -0.385 e. The van der Waals surface area contributed by atoms with Crippen LogP contribution in [0.4, 0.5) is 0 Å². The third kappa shape index (κ3) is 2.53. The Morgan fingerprint density at radius 2 is 2.18 bits per heavy atom. The first kappa shape index (κ1) is 12.6. The van der Waals surface area contributed by atoms with Crippen molar-refractivity contribution in [3.05, 3.63) is 18.0 Å². The van der Waals surface area contributed by atoms with Crippen molar-refractivity contribution in [2.75, 3.05) is 6.61 Å². The second-order valence-corrected chi connectivity index (χ2v) is 4.91. The molecule has 0 spiro atoms. The maximum atomic E-state index is 10.6.